The van der Waals surface area contributed by atoms with Crippen LogP contribution in [0.2, 0.25) is 0 Å². The van der Waals surface area contributed by atoms with Gasteiger partial charge in [-0.05, 0) is 38.0 Å². The van der Waals surface area contributed by atoms with Crippen LogP contribution >= 0.6 is 0 Å². The molecule has 18 heavy (non-hydrogen) atoms. The molecule has 0 N–H and O–H groups in total. The SMILES string of the molecule is C=CCc1ccc2c(c1)OC(OCC=C(C)C)O2. The third kappa shape index (κ3) is 3.14. The molecule has 0 radical (unpaired) electrons. The van der Waals surface area contributed by atoms with Crippen LogP contribution in [0.1, 0.15) is 19.4 Å². The second-order valence-electron chi connectivity index (χ2n) is 4.41. The highest BCUT2D eigenvalue weighted by molar-refractivity contribution is 5.45. The van der Waals surface area contributed by atoms with E-state index in [0.29, 0.717) is 6.61 Å². The summed E-state index contributed by atoms with van der Waals surface area (Å²) < 4.78 is 16.5. The first-order chi connectivity index (χ1) is 8.69. The van der Waals surface area contributed by atoms with Crippen molar-refractivity contribution in [1.29, 1.82) is 0 Å². The largest absolute Gasteiger partial charge is 0.428 e. The first-order valence-electron chi connectivity index (χ1n) is 6.01. The van der Waals surface area contributed by atoms with Gasteiger partial charge in [0.15, 0.2) is 11.5 Å². The zero-order chi connectivity index (χ0) is 13.0. The van der Waals surface area contributed by atoms with E-state index in [9.17, 15) is 0 Å². The van der Waals surface area contributed by atoms with Crippen LogP contribution in [0.25, 0.3) is 0 Å². The number of allylic oxidation sites excluding steroid dienone is 2. The van der Waals surface area contributed by atoms with Crippen LogP contribution in [0.3, 0.4) is 0 Å². The summed E-state index contributed by atoms with van der Waals surface area (Å²) in [6.45, 7) is 7.61. The molecule has 0 amide bonds. The van der Waals surface area contributed by atoms with E-state index < -0.39 is 6.48 Å². The van der Waals surface area contributed by atoms with Crippen molar-refractivity contribution in [2.24, 2.45) is 0 Å². The Morgan fingerprint density at radius 2 is 2.11 bits per heavy atom. The van der Waals surface area contributed by atoms with Gasteiger partial charge in [-0.3, -0.25) is 0 Å². The van der Waals surface area contributed by atoms with Crippen LogP contribution < -0.4 is 9.47 Å². The predicted octanol–water partition coefficient (Wildman–Crippen LogP) is 3.45. The fourth-order valence-corrected chi connectivity index (χ4v) is 1.63. The fourth-order valence-electron chi connectivity index (χ4n) is 1.63. The molecule has 0 aromatic heterocycles. The summed E-state index contributed by atoms with van der Waals surface area (Å²) in [5.74, 6) is 1.46. The molecule has 1 aromatic carbocycles. The number of fused-ring (bicyclic) bond motifs is 1. The molecule has 1 unspecified atom stereocenters. The maximum Gasteiger partial charge on any atom is 0.361 e. The predicted molar refractivity (Wildman–Crippen MR) is 70.8 cm³/mol. The van der Waals surface area contributed by atoms with Gasteiger partial charge in [0.1, 0.15) is 0 Å². The summed E-state index contributed by atoms with van der Waals surface area (Å²) in [7, 11) is 0. The lowest BCUT2D eigenvalue weighted by atomic mass is 10.1. The second kappa shape index (κ2) is 5.74. The molecule has 1 heterocycles. The van der Waals surface area contributed by atoms with Crippen molar-refractivity contribution < 1.29 is 14.2 Å². The Morgan fingerprint density at radius 1 is 1.33 bits per heavy atom. The number of hydrogen-bond donors (Lipinski definition) is 0. The van der Waals surface area contributed by atoms with Gasteiger partial charge in [-0.2, -0.15) is 0 Å². The molecule has 0 aliphatic carbocycles. The molecule has 1 aliphatic rings. The van der Waals surface area contributed by atoms with Crippen LogP contribution in [-0.4, -0.2) is 13.1 Å². The smallest absolute Gasteiger partial charge is 0.361 e. The van der Waals surface area contributed by atoms with Gasteiger partial charge in [-0.25, -0.2) is 0 Å². The van der Waals surface area contributed by atoms with Gasteiger partial charge in [0, 0.05) is 0 Å². The van der Waals surface area contributed by atoms with Gasteiger partial charge >= 0.3 is 6.48 Å². The fraction of sp³-hybridized carbons (Fsp3) is 0.333. The summed E-state index contributed by atoms with van der Waals surface area (Å²) in [4.78, 5) is 0. The molecule has 3 nitrogen and oxygen atoms in total. The highest BCUT2D eigenvalue weighted by Gasteiger charge is 2.24. The molecule has 0 spiro atoms. The molecule has 1 aliphatic heterocycles. The maximum atomic E-state index is 5.57. The van der Waals surface area contributed by atoms with E-state index in [4.69, 9.17) is 14.2 Å². The summed E-state index contributed by atoms with van der Waals surface area (Å²) >= 11 is 0. The number of hydrogen-bond acceptors (Lipinski definition) is 3. The minimum Gasteiger partial charge on any atom is -0.428 e. The van der Waals surface area contributed by atoms with Crippen molar-refractivity contribution in [3.05, 3.63) is 48.1 Å². The third-order valence-corrected chi connectivity index (χ3v) is 2.56. The zero-order valence-electron chi connectivity index (χ0n) is 10.8. The van der Waals surface area contributed by atoms with Crippen LogP contribution in [0, 0.1) is 0 Å². The molecule has 1 aromatic rings. The van der Waals surface area contributed by atoms with E-state index in [0.717, 1.165) is 23.5 Å². The van der Waals surface area contributed by atoms with E-state index in [1.807, 2.05) is 44.2 Å². The molecule has 0 saturated heterocycles. The highest BCUT2D eigenvalue weighted by Crippen LogP contribution is 2.35. The standard InChI is InChI=1S/C15H18O3/c1-4-5-12-6-7-13-14(10-12)18-15(17-13)16-9-8-11(2)3/h4,6-8,10,15H,1,5,9H2,2-3H3. The van der Waals surface area contributed by atoms with Crippen LogP contribution in [0.15, 0.2) is 42.5 Å². The van der Waals surface area contributed by atoms with Gasteiger partial charge in [-0.1, -0.05) is 23.8 Å². The Kier molecular flexibility index (Phi) is 4.05. The second-order valence-corrected chi connectivity index (χ2v) is 4.41. The van der Waals surface area contributed by atoms with Gasteiger partial charge in [0.05, 0.1) is 6.61 Å². The highest BCUT2D eigenvalue weighted by atomic mass is 16.9. The molecular weight excluding hydrogens is 228 g/mol. The van der Waals surface area contributed by atoms with Crippen molar-refractivity contribution in [2.75, 3.05) is 6.61 Å². The van der Waals surface area contributed by atoms with Crippen LogP contribution in [-0.2, 0) is 11.2 Å². The van der Waals surface area contributed by atoms with Crippen molar-refractivity contribution >= 4 is 0 Å². The quantitative estimate of drug-likeness (QED) is 0.745. The Morgan fingerprint density at radius 3 is 2.83 bits per heavy atom. The Labute approximate surface area is 108 Å². The monoisotopic (exact) mass is 246 g/mol. The summed E-state index contributed by atoms with van der Waals surface area (Å²) in [5, 5.41) is 0. The van der Waals surface area contributed by atoms with Crippen LogP contribution in [0.5, 0.6) is 11.5 Å². The molecule has 96 valence electrons. The molecular formula is C15H18O3. The van der Waals surface area contributed by atoms with Crippen molar-refractivity contribution in [3.8, 4) is 11.5 Å². The van der Waals surface area contributed by atoms with Gasteiger partial charge in [-0.15, -0.1) is 6.58 Å². The molecule has 3 heteroatoms. The van der Waals surface area contributed by atoms with Crippen molar-refractivity contribution in [3.63, 3.8) is 0 Å². The summed E-state index contributed by atoms with van der Waals surface area (Å²) in [6, 6.07) is 5.86. The zero-order valence-corrected chi connectivity index (χ0v) is 10.8. The van der Waals surface area contributed by atoms with Crippen molar-refractivity contribution in [1.82, 2.24) is 0 Å². The van der Waals surface area contributed by atoms with E-state index in [-0.39, 0.29) is 0 Å². The number of rotatable bonds is 5. The summed E-state index contributed by atoms with van der Waals surface area (Å²) in [6.07, 6.45) is 4.67. The van der Waals surface area contributed by atoms with E-state index in [1.165, 1.54) is 5.57 Å². The molecule has 0 saturated carbocycles. The van der Waals surface area contributed by atoms with Gasteiger partial charge < -0.3 is 14.2 Å². The molecule has 1 atom stereocenters. The minimum absolute atomic E-state index is 0.487. The Hall–Kier alpha value is -1.74. The number of ether oxygens (including phenoxy) is 3. The topological polar surface area (TPSA) is 27.7 Å². The lowest BCUT2D eigenvalue weighted by Gasteiger charge is -2.09. The first kappa shape index (κ1) is 12.7. The number of benzene rings is 1. The Balaban J connectivity index is 1.95. The average molecular weight is 246 g/mol. The molecule has 2 rings (SSSR count). The molecule has 0 bridgehead atoms. The summed E-state index contributed by atoms with van der Waals surface area (Å²) in [5.41, 5.74) is 2.36. The lowest BCUT2D eigenvalue weighted by Crippen LogP contribution is -2.22. The van der Waals surface area contributed by atoms with E-state index in [2.05, 4.69) is 6.58 Å². The normalized spacial score (nSPS) is 16.4. The lowest BCUT2D eigenvalue weighted by molar-refractivity contribution is -0.169. The van der Waals surface area contributed by atoms with Gasteiger partial charge in [0.2, 0.25) is 0 Å². The van der Waals surface area contributed by atoms with E-state index in [1.54, 1.807) is 0 Å². The maximum absolute atomic E-state index is 5.57. The van der Waals surface area contributed by atoms with Gasteiger partial charge in [0.25, 0.3) is 0 Å². The van der Waals surface area contributed by atoms with Crippen molar-refractivity contribution in [2.45, 2.75) is 26.7 Å². The Bertz CT molecular complexity index is 459. The molecule has 0 fully saturated rings. The first-order valence-corrected chi connectivity index (χ1v) is 6.01. The van der Waals surface area contributed by atoms with E-state index >= 15 is 0 Å². The van der Waals surface area contributed by atoms with Crippen LogP contribution in [0.4, 0.5) is 0 Å². The minimum atomic E-state index is -0.644. The average Bonchev–Trinajstić information content (AvgIpc) is 2.71. The third-order valence-electron chi connectivity index (χ3n) is 2.56.